The van der Waals surface area contributed by atoms with E-state index in [0.29, 0.717) is 0 Å². The summed E-state index contributed by atoms with van der Waals surface area (Å²) in [6.07, 6.45) is 1.84. The summed E-state index contributed by atoms with van der Waals surface area (Å²) in [7, 11) is 0. The molecule has 2 rings (SSSR count). The molecule has 1 unspecified atom stereocenters. The van der Waals surface area contributed by atoms with Crippen molar-refractivity contribution >= 4 is 29.9 Å². The highest BCUT2D eigenvalue weighted by Gasteiger charge is 2.22. The van der Waals surface area contributed by atoms with Crippen molar-refractivity contribution in [2.45, 2.75) is 32.7 Å². The first-order valence-corrected chi connectivity index (χ1v) is 6.95. The summed E-state index contributed by atoms with van der Waals surface area (Å²) in [6.45, 7) is 4.83. The Morgan fingerprint density at radius 3 is 2.76 bits per heavy atom. The molecule has 6 heteroatoms. The van der Waals surface area contributed by atoms with E-state index in [0.717, 1.165) is 36.2 Å². The molecule has 0 radical (unpaired) electrons. The van der Waals surface area contributed by atoms with Crippen LogP contribution in [0.5, 0.6) is 0 Å². The summed E-state index contributed by atoms with van der Waals surface area (Å²) in [5.74, 6) is -0.302. The van der Waals surface area contributed by atoms with Crippen LogP contribution in [0.4, 0.5) is 5.69 Å². The first kappa shape index (κ1) is 17.5. The number of anilines is 1. The topological polar surface area (TPSA) is 70.2 Å². The summed E-state index contributed by atoms with van der Waals surface area (Å²) < 4.78 is 0. The molecule has 21 heavy (non-hydrogen) atoms. The number of halogens is 1. The van der Waals surface area contributed by atoms with E-state index < -0.39 is 0 Å². The molecule has 1 aromatic carbocycles. The van der Waals surface area contributed by atoms with Crippen molar-refractivity contribution in [3.05, 3.63) is 29.3 Å². The normalized spacial score (nSPS) is 17.0. The standard InChI is InChI=1S/C15H21N3O2.ClH/c1-10-5-3-6-12(11(10)2)18-14(19)9-17-15(20)13-7-4-8-16-13;/h3,5-6,13,16H,4,7-9H2,1-2H3,(H,17,20)(H,18,19);1H. The van der Waals surface area contributed by atoms with Crippen molar-refractivity contribution in [1.29, 1.82) is 0 Å². The highest BCUT2D eigenvalue weighted by Crippen LogP contribution is 2.17. The van der Waals surface area contributed by atoms with E-state index in [-0.39, 0.29) is 36.8 Å². The Labute approximate surface area is 131 Å². The average Bonchev–Trinajstić information content (AvgIpc) is 2.95. The van der Waals surface area contributed by atoms with Crippen LogP contribution in [0.3, 0.4) is 0 Å². The molecule has 1 fully saturated rings. The summed E-state index contributed by atoms with van der Waals surface area (Å²) in [6, 6.07) is 5.61. The van der Waals surface area contributed by atoms with E-state index in [4.69, 9.17) is 0 Å². The lowest BCUT2D eigenvalue weighted by Gasteiger charge is -2.13. The van der Waals surface area contributed by atoms with Crippen LogP contribution in [-0.4, -0.2) is 30.9 Å². The molecule has 0 bridgehead atoms. The molecule has 0 aromatic heterocycles. The first-order valence-electron chi connectivity index (χ1n) is 6.95. The Hall–Kier alpha value is -1.59. The fraction of sp³-hybridized carbons (Fsp3) is 0.467. The number of rotatable bonds is 4. The number of hydrogen-bond acceptors (Lipinski definition) is 3. The van der Waals surface area contributed by atoms with Crippen LogP contribution in [0.25, 0.3) is 0 Å². The molecule has 1 aliphatic heterocycles. The highest BCUT2D eigenvalue weighted by atomic mass is 35.5. The van der Waals surface area contributed by atoms with Crippen LogP contribution in [-0.2, 0) is 9.59 Å². The number of aryl methyl sites for hydroxylation is 1. The molecular formula is C15H22ClN3O2. The third-order valence-electron chi connectivity index (χ3n) is 3.68. The van der Waals surface area contributed by atoms with E-state index in [9.17, 15) is 9.59 Å². The molecule has 116 valence electrons. The van der Waals surface area contributed by atoms with Crippen molar-refractivity contribution in [3.63, 3.8) is 0 Å². The molecule has 0 spiro atoms. The van der Waals surface area contributed by atoms with Crippen molar-refractivity contribution in [3.8, 4) is 0 Å². The number of amides is 2. The van der Waals surface area contributed by atoms with E-state index in [2.05, 4.69) is 16.0 Å². The molecule has 0 saturated carbocycles. The number of nitrogens with one attached hydrogen (secondary N) is 3. The Bertz CT molecular complexity index is 514. The number of benzene rings is 1. The van der Waals surface area contributed by atoms with Gasteiger partial charge in [-0.2, -0.15) is 0 Å². The summed E-state index contributed by atoms with van der Waals surface area (Å²) in [5.41, 5.74) is 2.97. The Morgan fingerprint density at radius 2 is 2.10 bits per heavy atom. The maximum absolute atomic E-state index is 11.8. The molecule has 1 aromatic rings. The zero-order valence-corrected chi connectivity index (χ0v) is 13.2. The minimum Gasteiger partial charge on any atom is -0.346 e. The molecule has 1 heterocycles. The van der Waals surface area contributed by atoms with Gasteiger partial charge in [-0.05, 0) is 50.4 Å². The van der Waals surface area contributed by atoms with Crippen LogP contribution in [0.15, 0.2) is 18.2 Å². The van der Waals surface area contributed by atoms with Gasteiger partial charge in [-0.3, -0.25) is 9.59 Å². The minimum absolute atomic E-state index is 0. The van der Waals surface area contributed by atoms with E-state index in [1.54, 1.807) is 0 Å². The Morgan fingerprint density at radius 1 is 1.33 bits per heavy atom. The van der Waals surface area contributed by atoms with Crippen LogP contribution in [0, 0.1) is 13.8 Å². The summed E-state index contributed by atoms with van der Waals surface area (Å²) in [4.78, 5) is 23.6. The molecule has 5 nitrogen and oxygen atoms in total. The van der Waals surface area contributed by atoms with Gasteiger partial charge in [0, 0.05) is 5.69 Å². The Kier molecular flexibility index (Phi) is 6.65. The van der Waals surface area contributed by atoms with Gasteiger partial charge in [0.1, 0.15) is 0 Å². The molecule has 1 saturated heterocycles. The molecule has 1 aliphatic rings. The number of hydrogen-bond donors (Lipinski definition) is 3. The summed E-state index contributed by atoms with van der Waals surface area (Å²) >= 11 is 0. The van der Waals surface area contributed by atoms with Gasteiger partial charge in [-0.15, -0.1) is 12.4 Å². The zero-order valence-electron chi connectivity index (χ0n) is 12.4. The average molecular weight is 312 g/mol. The maximum Gasteiger partial charge on any atom is 0.243 e. The highest BCUT2D eigenvalue weighted by molar-refractivity contribution is 5.95. The number of carbonyl (C=O) groups is 2. The lowest BCUT2D eigenvalue weighted by atomic mass is 10.1. The van der Waals surface area contributed by atoms with Crippen molar-refractivity contribution in [2.75, 3.05) is 18.4 Å². The second kappa shape index (κ2) is 8.00. The van der Waals surface area contributed by atoms with Gasteiger partial charge in [0.2, 0.25) is 11.8 Å². The molecule has 1 atom stereocenters. The lowest BCUT2D eigenvalue weighted by Crippen LogP contribution is -2.43. The second-order valence-electron chi connectivity index (χ2n) is 5.16. The molecule has 3 N–H and O–H groups in total. The molecule has 2 amide bonds. The van der Waals surface area contributed by atoms with Crippen molar-refractivity contribution in [1.82, 2.24) is 10.6 Å². The quantitative estimate of drug-likeness (QED) is 0.790. The SMILES string of the molecule is Cc1cccc(NC(=O)CNC(=O)C2CCCN2)c1C.Cl. The maximum atomic E-state index is 11.8. The molecular weight excluding hydrogens is 290 g/mol. The summed E-state index contributed by atoms with van der Waals surface area (Å²) in [5, 5.41) is 8.59. The van der Waals surface area contributed by atoms with Crippen molar-refractivity contribution in [2.24, 2.45) is 0 Å². The van der Waals surface area contributed by atoms with Gasteiger partial charge in [0.05, 0.1) is 12.6 Å². The minimum atomic E-state index is -0.204. The largest absolute Gasteiger partial charge is 0.346 e. The van der Waals surface area contributed by atoms with Gasteiger partial charge in [-0.25, -0.2) is 0 Å². The van der Waals surface area contributed by atoms with Gasteiger partial charge in [-0.1, -0.05) is 12.1 Å². The fourth-order valence-electron chi connectivity index (χ4n) is 2.28. The fourth-order valence-corrected chi connectivity index (χ4v) is 2.28. The van der Waals surface area contributed by atoms with Crippen LogP contribution >= 0.6 is 12.4 Å². The van der Waals surface area contributed by atoms with Crippen molar-refractivity contribution < 1.29 is 9.59 Å². The monoisotopic (exact) mass is 311 g/mol. The first-order chi connectivity index (χ1) is 9.58. The third-order valence-corrected chi connectivity index (χ3v) is 3.68. The van der Waals surface area contributed by atoms with Gasteiger partial charge < -0.3 is 16.0 Å². The second-order valence-corrected chi connectivity index (χ2v) is 5.16. The van der Waals surface area contributed by atoms with Crippen LogP contribution in [0.1, 0.15) is 24.0 Å². The van der Waals surface area contributed by atoms with Gasteiger partial charge in [0.25, 0.3) is 0 Å². The van der Waals surface area contributed by atoms with E-state index >= 15 is 0 Å². The molecule has 0 aliphatic carbocycles. The lowest BCUT2D eigenvalue weighted by molar-refractivity contribution is -0.125. The smallest absolute Gasteiger partial charge is 0.243 e. The van der Waals surface area contributed by atoms with Crippen LogP contribution < -0.4 is 16.0 Å². The van der Waals surface area contributed by atoms with E-state index in [1.165, 1.54) is 0 Å². The zero-order chi connectivity index (χ0) is 14.5. The van der Waals surface area contributed by atoms with Gasteiger partial charge in [0.15, 0.2) is 0 Å². The Balaban J connectivity index is 0.00000220. The number of carbonyl (C=O) groups excluding carboxylic acids is 2. The third kappa shape index (κ3) is 4.72. The predicted octanol–water partition coefficient (Wildman–Crippen LogP) is 1.53. The van der Waals surface area contributed by atoms with Gasteiger partial charge >= 0.3 is 0 Å². The van der Waals surface area contributed by atoms with Crippen LogP contribution in [0.2, 0.25) is 0 Å². The predicted molar refractivity (Wildman–Crippen MR) is 85.8 cm³/mol. The van der Waals surface area contributed by atoms with E-state index in [1.807, 2.05) is 32.0 Å².